The summed E-state index contributed by atoms with van der Waals surface area (Å²) in [5.41, 5.74) is 7.69. The number of hydrogen-bond donors (Lipinski definition) is 2. The highest BCUT2D eigenvalue weighted by molar-refractivity contribution is 6.31. The molecule has 0 aliphatic carbocycles. The highest BCUT2D eigenvalue weighted by Gasteiger charge is 2.40. The van der Waals surface area contributed by atoms with Crippen LogP contribution in [0.1, 0.15) is 31.0 Å². The van der Waals surface area contributed by atoms with Crippen molar-refractivity contribution in [2.75, 3.05) is 20.3 Å². The fraction of sp³-hybridized carbons (Fsp3) is 0.571. The van der Waals surface area contributed by atoms with E-state index in [-0.39, 0.29) is 18.2 Å². The van der Waals surface area contributed by atoms with Crippen LogP contribution in [-0.4, -0.2) is 35.8 Å². The van der Waals surface area contributed by atoms with Gasteiger partial charge in [0.25, 0.3) is 0 Å². The lowest BCUT2D eigenvalue weighted by Gasteiger charge is -2.38. The zero-order chi connectivity index (χ0) is 14.2. The molecule has 1 aromatic carbocycles. The van der Waals surface area contributed by atoms with E-state index in [9.17, 15) is 5.11 Å². The molecule has 0 saturated heterocycles. The minimum atomic E-state index is -0.350. The number of rotatable bonds is 4. The van der Waals surface area contributed by atoms with Crippen LogP contribution in [0.5, 0.6) is 5.75 Å². The molecule has 5 heteroatoms. The molecule has 0 saturated carbocycles. The van der Waals surface area contributed by atoms with Crippen molar-refractivity contribution in [1.29, 1.82) is 0 Å². The van der Waals surface area contributed by atoms with E-state index in [1.165, 1.54) is 0 Å². The van der Waals surface area contributed by atoms with Gasteiger partial charge in [-0.05, 0) is 31.5 Å². The first-order valence-electron chi connectivity index (χ1n) is 6.39. The van der Waals surface area contributed by atoms with Gasteiger partial charge < -0.3 is 15.6 Å². The van der Waals surface area contributed by atoms with E-state index in [4.69, 9.17) is 22.1 Å². The second kappa shape index (κ2) is 5.29. The fourth-order valence-electron chi connectivity index (χ4n) is 2.74. The van der Waals surface area contributed by atoms with Gasteiger partial charge >= 0.3 is 0 Å². The number of halogens is 1. The molecule has 0 radical (unpaired) electrons. The Labute approximate surface area is 119 Å². The van der Waals surface area contributed by atoms with Gasteiger partial charge in [0.15, 0.2) is 0 Å². The molecule has 0 amide bonds. The Morgan fingerprint density at radius 1 is 1.53 bits per heavy atom. The van der Waals surface area contributed by atoms with Crippen LogP contribution in [0, 0.1) is 0 Å². The van der Waals surface area contributed by atoms with Crippen LogP contribution in [0.15, 0.2) is 12.1 Å². The Balaban J connectivity index is 2.51. The molecule has 0 bridgehead atoms. The molecule has 0 aromatic heterocycles. The van der Waals surface area contributed by atoms with Crippen LogP contribution in [0.2, 0.25) is 5.02 Å². The molecule has 2 rings (SSSR count). The summed E-state index contributed by atoms with van der Waals surface area (Å²) in [6.07, 6.45) is 0. The average Bonchev–Trinajstić information content (AvgIpc) is 2.80. The monoisotopic (exact) mass is 284 g/mol. The maximum Gasteiger partial charge on any atom is 0.123 e. The van der Waals surface area contributed by atoms with Gasteiger partial charge in [0.1, 0.15) is 5.75 Å². The van der Waals surface area contributed by atoms with Gasteiger partial charge in [-0.2, -0.15) is 0 Å². The Bertz CT molecular complexity index is 477. The van der Waals surface area contributed by atoms with Crippen molar-refractivity contribution < 1.29 is 9.84 Å². The molecule has 0 spiro atoms. The largest absolute Gasteiger partial charge is 0.496 e. The number of methoxy groups -OCH3 is 1. The van der Waals surface area contributed by atoms with Crippen molar-refractivity contribution in [3.8, 4) is 5.75 Å². The molecule has 1 atom stereocenters. The van der Waals surface area contributed by atoms with E-state index in [2.05, 4.69) is 4.90 Å². The topological polar surface area (TPSA) is 58.7 Å². The van der Waals surface area contributed by atoms with Crippen LogP contribution in [0.25, 0.3) is 0 Å². The summed E-state index contributed by atoms with van der Waals surface area (Å²) in [6.45, 7) is 5.22. The minimum Gasteiger partial charge on any atom is -0.496 e. The van der Waals surface area contributed by atoms with E-state index in [0.717, 1.165) is 16.9 Å². The summed E-state index contributed by atoms with van der Waals surface area (Å²) in [4.78, 5) is 2.19. The SMILES string of the molecule is COc1ccc(Cl)c2c1CN(C(C)(C)CO)C2CN. The van der Waals surface area contributed by atoms with E-state index in [0.29, 0.717) is 18.1 Å². The van der Waals surface area contributed by atoms with Gasteiger partial charge in [0.2, 0.25) is 0 Å². The first kappa shape index (κ1) is 14.6. The highest BCUT2D eigenvalue weighted by atomic mass is 35.5. The number of nitrogens with zero attached hydrogens (tertiary/aromatic N) is 1. The van der Waals surface area contributed by atoms with Crippen molar-refractivity contribution in [3.63, 3.8) is 0 Å². The number of hydrogen-bond acceptors (Lipinski definition) is 4. The third kappa shape index (κ3) is 2.34. The second-order valence-electron chi connectivity index (χ2n) is 5.49. The van der Waals surface area contributed by atoms with Crippen LogP contribution in [-0.2, 0) is 6.54 Å². The lowest BCUT2D eigenvalue weighted by molar-refractivity contribution is 0.0291. The van der Waals surface area contributed by atoms with Crippen LogP contribution >= 0.6 is 11.6 Å². The predicted octanol–water partition coefficient (Wildman–Crippen LogP) is 1.93. The van der Waals surface area contributed by atoms with Gasteiger partial charge in [0, 0.05) is 35.3 Å². The van der Waals surface area contributed by atoms with Crippen molar-refractivity contribution in [2.45, 2.75) is 32.0 Å². The Morgan fingerprint density at radius 2 is 2.21 bits per heavy atom. The number of fused-ring (bicyclic) bond motifs is 1. The zero-order valence-corrected chi connectivity index (χ0v) is 12.4. The molecule has 4 nitrogen and oxygen atoms in total. The standard InChI is InChI=1S/C14H21ClN2O2/c1-14(2,8-18)17-7-9-12(19-3)5-4-10(15)13(9)11(17)6-16/h4-5,11,18H,6-8,16H2,1-3H3. The average molecular weight is 285 g/mol. The Morgan fingerprint density at radius 3 is 2.74 bits per heavy atom. The van der Waals surface area contributed by atoms with Crippen molar-refractivity contribution in [3.05, 3.63) is 28.3 Å². The molecule has 0 fully saturated rings. The summed E-state index contributed by atoms with van der Waals surface area (Å²) in [5.74, 6) is 0.828. The number of aliphatic hydroxyl groups is 1. The zero-order valence-electron chi connectivity index (χ0n) is 11.6. The van der Waals surface area contributed by atoms with Crippen LogP contribution in [0.4, 0.5) is 0 Å². The minimum absolute atomic E-state index is 0.0137. The Hall–Kier alpha value is -0.810. The summed E-state index contributed by atoms with van der Waals surface area (Å²) in [5, 5.41) is 10.3. The maximum absolute atomic E-state index is 9.60. The molecular weight excluding hydrogens is 264 g/mol. The lowest BCUT2D eigenvalue weighted by Crippen LogP contribution is -2.47. The number of aliphatic hydroxyl groups excluding tert-OH is 1. The van der Waals surface area contributed by atoms with Crippen LogP contribution < -0.4 is 10.5 Å². The van der Waals surface area contributed by atoms with Crippen molar-refractivity contribution >= 4 is 11.6 Å². The number of ether oxygens (including phenoxy) is 1. The molecule has 19 heavy (non-hydrogen) atoms. The summed E-state index contributed by atoms with van der Waals surface area (Å²) < 4.78 is 5.41. The normalized spacial score (nSPS) is 19.6. The molecule has 1 aromatic rings. The molecule has 1 aliphatic rings. The quantitative estimate of drug-likeness (QED) is 0.887. The third-order valence-electron chi connectivity index (χ3n) is 3.91. The molecule has 1 aliphatic heterocycles. The van der Waals surface area contributed by atoms with Gasteiger partial charge in [-0.15, -0.1) is 0 Å². The van der Waals surface area contributed by atoms with Gasteiger partial charge in [-0.3, -0.25) is 4.90 Å². The molecule has 1 heterocycles. The third-order valence-corrected chi connectivity index (χ3v) is 4.24. The van der Waals surface area contributed by atoms with E-state index >= 15 is 0 Å². The fourth-order valence-corrected chi connectivity index (χ4v) is 3.04. The predicted molar refractivity (Wildman–Crippen MR) is 76.5 cm³/mol. The van der Waals surface area contributed by atoms with Crippen LogP contribution in [0.3, 0.4) is 0 Å². The summed E-state index contributed by atoms with van der Waals surface area (Å²) in [7, 11) is 1.65. The number of benzene rings is 1. The smallest absolute Gasteiger partial charge is 0.123 e. The lowest BCUT2D eigenvalue weighted by atomic mass is 10.0. The molecular formula is C14H21ClN2O2. The van der Waals surface area contributed by atoms with E-state index in [1.807, 2.05) is 26.0 Å². The summed E-state index contributed by atoms with van der Waals surface area (Å²) >= 11 is 6.33. The van der Waals surface area contributed by atoms with E-state index < -0.39 is 0 Å². The molecule has 106 valence electrons. The number of nitrogens with two attached hydrogens (primary N) is 1. The molecule has 3 N–H and O–H groups in total. The van der Waals surface area contributed by atoms with Gasteiger partial charge in [-0.1, -0.05) is 11.6 Å². The van der Waals surface area contributed by atoms with Gasteiger partial charge in [0.05, 0.1) is 13.7 Å². The van der Waals surface area contributed by atoms with Crippen molar-refractivity contribution in [1.82, 2.24) is 4.90 Å². The maximum atomic E-state index is 9.60. The first-order valence-corrected chi connectivity index (χ1v) is 6.77. The molecule has 1 unspecified atom stereocenters. The first-order chi connectivity index (χ1) is 8.96. The summed E-state index contributed by atoms with van der Waals surface area (Å²) in [6, 6.07) is 3.74. The Kier molecular flexibility index (Phi) is 4.06. The van der Waals surface area contributed by atoms with E-state index in [1.54, 1.807) is 7.11 Å². The van der Waals surface area contributed by atoms with Crippen molar-refractivity contribution in [2.24, 2.45) is 5.73 Å². The second-order valence-corrected chi connectivity index (χ2v) is 5.90. The van der Waals surface area contributed by atoms with Gasteiger partial charge in [-0.25, -0.2) is 0 Å². The highest BCUT2D eigenvalue weighted by Crippen LogP contribution is 2.45.